The Morgan fingerprint density at radius 1 is 1.22 bits per heavy atom. The molecule has 1 aliphatic rings. The number of hydrogen-bond acceptors (Lipinski definition) is 7. The van der Waals surface area contributed by atoms with Gasteiger partial charge in [0.05, 0.1) is 17.4 Å². The summed E-state index contributed by atoms with van der Waals surface area (Å²) in [6.07, 6.45) is 6.20. The lowest BCUT2D eigenvalue weighted by atomic mass is 9.79. The van der Waals surface area contributed by atoms with Gasteiger partial charge in [-0.25, -0.2) is 13.4 Å². The van der Waals surface area contributed by atoms with Crippen LogP contribution in [0.25, 0.3) is 10.8 Å². The van der Waals surface area contributed by atoms with Crippen LogP contribution in [-0.4, -0.2) is 56.0 Å². The zero-order valence-electron chi connectivity index (χ0n) is 21.2. The Morgan fingerprint density at radius 2 is 2.00 bits per heavy atom. The number of aromatic amines is 1. The van der Waals surface area contributed by atoms with Crippen LogP contribution < -0.4 is 9.62 Å². The van der Waals surface area contributed by atoms with Crippen LogP contribution in [0.1, 0.15) is 38.3 Å². The topological polar surface area (TPSA) is 104 Å². The van der Waals surface area contributed by atoms with Crippen LogP contribution in [0.2, 0.25) is 0 Å². The molecule has 4 rings (SSSR count). The van der Waals surface area contributed by atoms with Crippen LogP contribution in [0, 0.1) is 17.0 Å². The highest BCUT2D eigenvalue weighted by atomic mass is 32.2. The zero-order chi connectivity index (χ0) is 25.7. The highest BCUT2D eigenvalue weighted by Crippen LogP contribution is 2.36. The van der Waals surface area contributed by atoms with E-state index in [4.69, 9.17) is 0 Å². The summed E-state index contributed by atoms with van der Waals surface area (Å²) in [6, 6.07) is 11.0. The van der Waals surface area contributed by atoms with E-state index in [1.807, 2.05) is 61.2 Å². The summed E-state index contributed by atoms with van der Waals surface area (Å²) < 4.78 is 30.2. The third-order valence-electron chi connectivity index (χ3n) is 7.11. The van der Waals surface area contributed by atoms with Crippen molar-refractivity contribution >= 4 is 38.2 Å². The van der Waals surface area contributed by atoms with E-state index in [2.05, 4.69) is 21.6 Å². The summed E-state index contributed by atoms with van der Waals surface area (Å²) in [6.45, 7) is 2.47. The predicted octanol–water partition coefficient (Wildman–Crippen LogP) is 4.79. The van der Waals surface area contributed by atoms with Gasteiger partial charge < -0.3 is 20.2 Å². The maximum Gasteiger partial charge on any atom is 0.242 e. The number of nitrogens with one attached hydrogen (secondary N) is 2. The highest BCUT2D eigenvalue weighted by molar-refractivity contribution is 7.98. The summed E-state index contributed by atoms with van der Waals surface area (Å²) >= 11 is 1.82. The number of H-pyrrole nitrogens is 1. The molecule has 196 valence electrons. The van der Waals surface area contributed by atoms with Gasteiger partial charge in [-0.15, -0.1) is 0 Å². The number of piperidine rings is 1. The lowest BCUT2D eigenvalue weighted by Crippen LogP contribution is -2.55. The average molecular weight is 531 g/mol. The molecule has 2 aromatic carbocycles. The van der Waals surface area contributed by atoms with Gasteiger partial charge in [-0.05, 0) is 55.5 Å². The Labute approximate surface area is 218 Å². The second-order valence-corrected chi connectivity index (χ2v) is 12.4. The van der Waals surface area contributed by atoms with Crippen LogP contribution in [0.15, 0.2) is 53.8 Å². The molecule has 0 bridgehead atoms. The Morgan fingerprint density at radius 3 is 2.72 bits per heavy atom. The molecule has 1 aromatic heterocycles. The molecule has 0 saturated carbocycles. The number of thioether (sulfide) groups is 1. The van der Waals surface area contributed by atoms with Crippen LogP contribution >= 0.6 is 11.8 Å². The minimum absolute atomic E-state index is 0.0314. The zero-order valence-corrected chi connectivity index (χ0v) is 22.8. The van der Waals surface area contributed by atoms with Crippen LogP contribution in [0.3, 0.4) is 0 Å². The largest absolute Gasteiger partial charge is 0.784 e. The number of fused-ring (bicyclic) bond motifs is 1. The van der Waals surface area contributed by atoms with E-state index in [0.29, 0.717) is 17.8 Å². The van der Waals surface area contributed by atoms with Gasteiger partial charge in [0, 0.05) is 48.2 Å². The third kappa shape index (κ3) is 6.06. The number of aromatic nitrogens is 2. The molecule has 1 saturated heterocycles. The van der Waals surface area contributed by atoms with Crippen LogP contribution in [0.4, 0.5) is 5.69 Å². The molecule has 3 atom stereocenters. The number of hydroxylamine groups is 2. The SMILES string of the molecule is CCC1CCN([O-])C(NS(=O)(=O)c2cccc3c(N(C)C)cccc23)C1CCCSCc1cnc[nH]1. The molecule has 2 heterocycles. The lowest BCUT2D eigenvalue weighted by molar-refractivity contribution is 0.0694. The summed E-state index contributed by atoms with van der Waals surface area (Å²) in [5.41, 5.74) is 2.04. The molecular weight excluding hydrogens is 494 g/mol. The molecule has 1 aliphatic heterocycles. The monoisotopic (exact) mass is 530 g/mol. The fourth-order valence-electron chi connectivity index (χ4n) is 5.24. The third-order valence-corrected chi connectivity index (χ3v) is 9.69. The molecule has 10 heteroatoms. The summed E-state index contributed by atoms with van der Waals surface area (Å²) in [5.74, 6) is 2.09. The first-order valence-corrected chi connectivity index (χ1v) is 15.2. The first-order valence-electron chi connectivity index (χ1n) is 12.5. The summed E-state index contributed by atoms with van der Waals surface area (Å²) in [4.78, 5) is 9.34. The van der Waals surface area contributed by atoms with Crippen LogP contribution in [-0.2, 0) is 15.8 Å². The minimum atomic E-state index is -3.92. The van der Waals surface area contributed by atoms with Crippen molar-refractivity contribution in [2.24, 2.45) is 11.8 Å². The van der Waals surface area contributed by atoms with Crippen molar-refractivity contribution in [2.75, 3.05) is 31.3 Å². The number of hydrogen-bond donors (Lipinski definition) is 2. The standard InChI is InChI=1S/C26H36N5O3S2/c1-4-19-13-14-31(32)26(21(19)10-7-15-35-17-20-16-27-18-28-20)29-36(33,34)25-12-6-8-22-23(25)9-5-11-24(22)30(2)3/h5-6,8-9,11-12,16,18-19,21,26,29H,4,7,10,13-15,17H2,1-3H3,(H,27,28)/q-1. The molecule has 2 N–H and O–H groups in total. The van der Waals surface area contributed by atoms with E-state index in [0.717, 1.165) is 59.0 Å². The van der Waals surface area contributed by atoms with Gasteiger partial charge in [0.2, 0.25) is 10.0 Å². The van der Waals surface area contributed by atoms with Gasteiger partial charge in [0.25, 0.3) is 0 Å². The Bertz CT molecular complexity index is 1230. The molecule has 0 spiro atoms. The fourth-order valence-corrected chi connectivity index (χ4v) is 7.60. The highest BCUT2D eigenvalue weighted by Gasteiger charge is 2.36. The van der Waals surface area contributed by atoms with Crippen LogP contribution in [0.5, 0.6) is 0 Å². The number of nitrogens with zero attached hydrogens (tertiary/aromatic N) is 3. The van der Waals surface area contributed by atoms with E-state index in [9.17, 15) is 13.6 Å². The molecule has 3 aromatic rings. The van der Waals surface area contributed by atoms with Gasteiger partial charge in [-0.1, -0.05) is 37.6 Å². The summed E-state index contributed by atoms with van der Waals surface area (Å²) in [5, 5.41) is 15.5. The van der Waals surface area contributed by atoms with E-state index in [1.165, 1.54) is 0 Å². The molecule has 0 amide bonds. The first kappa shape index (κ1) is 26.9. The maximum atomic E-state index is 13.7. The number of benzene rings is 2. The normalized spacial score (nSPS) is 21.2. The maximum absolute atomic E-state index is 13.7. The molecule has 0 aliphatic carbocycles. The Balaban J connectivity index is 1.52. The van der Waals surface area contributed by atoms with Crippen molar-refractivity contribution in [2.45, 2.75) is 49.4 Å². The number of imidazole rings is 1. The van der Waals surface area contributed by atoms with Crippen molar-refractivity contribution < 1.29 is 8.42 Å². The summed E-state index contributed by atoms with van der Waals surface area (Å²) in [7, 11) is -0.0402. The predicted molar refractivity (Wildman–Crippen MR) is 148 cm³/mol. The fraction of sp³-hybridized carbons (Fsp3) is 0.500. The van der Waals surface area contributed by atoms with Gasteiger partial charge in [0.15, 0.2) is 0 Å². The molecular formula is C26H36N5O3S2-. The quantitative estimate of drug-likeness (QED) is 0.343. The Kier molecular flexibility index (Phi) is 8.95. The second kappa shape index (κ2) is 12.0. The van der Waals surface area contributed by atoms with E-state index in [1.54, 1.807) is 18.5 Å². The molecule has 8 nitrogen and oxygen atoms in total. The first-order chi connectivity index (χ1) is 17.3. The number of rotatable bonds is 11. The van der Waals surface area contributed by atoms with Gasteiger partial charge in [-0.2, -0.15) is 16.5 Å². The van der Waals surface area contributed by atoms with Crippen molar-refractivity contribution in [3.63, 3.8) is 0 Å². The smallest absolute Gasteiger partial charge is 0.242 e. The number of anilines is 1. The van der Waals surface area contributed by atoms with Crippen molar-refractivity contribution in [3.05, 3.63) is 59.8 Å². The molecule has 3 unspecified atom stereocenters. The van der Waals surface area contributed by atoms with Crippen molar-refractivity contribution in [1.82, 2.24) is 19.8 Å². The Hall–Kier alpha value is -2.11. The average Bonchev–Trinajstić information content (AvgIpc) is 3.38. The minimum Gasteiger partial charge on any atom is -0.784 e. The lowest BCUT2D eigenvalue weighted by Gasteiger charge is -2.49. The molecule has 1 fully saturated rings. The second-order valence-electron chi connectivity index (χ2n) is 9.62. The van der Waals surface area contributed by atoms with Gasteiger partial charge in [0.1, 0.15) is 0 Å². The molecule has 0 radical (unpaired) electrons. The van der Waals surface area contributed by atoms with Crippen molar-refractivity contribution in [3.8, 4) is 0 Å². The number of sulfonamides is 1. The van der Waals surface area contributed by atoms with Crippen molar-refractivity contribution in [1.29, 1.82) is 0 Å². The van der Waals surface area contributed by atoms with E-state index in [-0.39, 0.29) is 10.8 Å². The van der Waals surface area contributed by atoms with Gasteiger partial charge in [-0.3, -0.25) is 0 Å². The van der Waals surface area contributed by atoms with E-state index >= 15 is 0 Å². The molecule has 36 heavy (non-hydrogen) atoms. The van der Waals surface area contributed by atoms with E-state index < -0.39 is 16.2 Å². The van der Waals surface area contributed by atoms with Gasteiger partial charge >= 0.3 is 0 Å².